The van der Waals surface area contributed by atoms with Gasteiger partial charge in [0.2, 0.25) is 0 Å². The van der Waals surface area contributed by atoms with E-state index in [9.17, 15) is 0 Å². The van der Waals surface area contributed by atoms with E-state index in [1.165, 1.54) is 32.7 Å². The molecule has 21 heavy (non-hydrogen) atoms. The molecule has 0 amide bonds. The lowest BCUT2D eigenvalue weighted by Crippen LogP contribution is -3.05. The van der Waals surface area contributed by atoms with Crippen LogP contribution in [-0.2, 0) is 0 Å². The Kier molecular flexibility index (Phi) is 4.03. The second-order valence-corrected chi connectivity index (χ2v) is 5.87. The molecule has 3 rings (SSSR count). The average Bonchev–Trinajstić information content (AvgIpc) is 2.65. The van der Waals surface area contributed by atoms with Crippen molar-refractivity contribution < 1.29 is 4.90 Å². The molecule has 0 radical (unpaired) electrons. The number of nitrogens with one attached hydrogen (secondary N) is 1. The molecule has 2 aromatic rings. The van der Waals surface area contributed by atoms with Crippen LogP contribution in [0.3, 0.4) is 0 Å². The van der Waals surface area contributed by atoms with Gasteiger partial charge in [0.1, 0.15) is 0 Å². The van der Waals surface area contributed by atoms with E-state index in [-0.39, 0.29) is 0 Å². The fourth-order valence-electron chi connectivity index (χ4n) is 2.82. The summed E-state index contributed by atoms with van der Waals surface area (Å²) in [6, 6.07) is 17.3. The van der Waals surface area contributed by atoms with Crippen LogP contribution in [0.5, 0.6) is 0 Å². The summed E-state index contributed by atoms with van der Waals surface area (Å²) >= 11 is 0. The van der Waals surface area contributed by atoms with Crippen molar-refractivity contribution in [3.63, 3.8) is 0 Å². The van der Waals surface area contributed by atoms with E-state index < -0.39 is 0 Å². The quantitative estimate of drug-likeness (QED) is 0.749. The molecule has 2 aromatic carbocycles. The summed E-state index contributed by atoms with van der Waals surface area (Å²) in [5.41, 5.74) is 6.65. The van der Waals surface area contributed by atoms with Gasteiger partial charge in [0.05, 0.1) is 20.6 Å². The lowest BCUT2D eigenvalue weighted by Gasteiger charge is -2.12. The van der Waals surface area contributed by atoms with E-state index >= 15 is 0 Å². The molecule has 0 fully saturated rings. The lowest BCUT2D eigenvalue weighted by atomic mass is 9.93. The first kappa shape index (κ1) is 13.8. The van der Waals surface area contributed by atoms with E-state index in [4.69, 9.17) is 0 Å². The SMILES string of the molecule is C[NH+](C)CCC=C1c2ccccc2C=Cc2ccccc21. The maximum Gasteiger partial charge on any atom is 0.0802 e. The van der Waals surface area contributed by atoms with Gasteiger partial charge >= 0.3 is 0 Å². The van der Waals surface area contributed by atoms with Crippen LogP contribution in [0.15, 0.2) is 54.6 Å². The molecule has 0 atom stereocenters. The number of hydrogen-bond acceptors (Lipinski definition) is 0. The molecule has 1 nitrogen and oxygen atoms in total. The van der Waals surface area contributed by atoms with Crippen molar-refractivity contribution in [3.05, 3.63) is 76.9 Å². The number of fused-ring (bicyclic) bond motifs is 2. The fraction of sp³-hybridized carbons (Fsp3) is 0.200. The molecular weight excluding hydrogens is 254 g/mol. The standard InChI is InChI=1S/C20H21N/c1-21(2)15-7-12-20-18-10-5-3-8-16(18)13-14-17-9-4-6-11-19(17)20/h3-6,8-14H,7,15H2,1-2H3/p+1. The molecular formula is C20H22N+. The number of quaternary nitrogens is 1. The summed E-state index contributed by atoms with van der Waals surface area (Å²) in [6.45, 7) is 1.15. The second-order valence-electron chi connectivity index (χ2n) is 5.87. The molecule has 0 aliphatic heterocycles. The van der Waals surface area contributed by atoms with Gasteiger partial charge in [-0.3, -0.25) is 0 Å². The van der Waals surface area contributed by atoms with Crippen LogP contribution in [0.1, 0.15) is 28.7 Å². The Morgan fingerprint density at radius 3 is 1.86 bits per heavy atom. The fourth-order valence-corrected chi connectivity index (χ4v) is 2.82. The summed E-state index contributed by atoms with van der Waals surface area (Å²) in [6.07, 6.45) is 7.95. The average molecular weight is 276 g/mol. The third kappa shape index (κ3) is 2.98. The van der Waals surface area contributed by atoms with E-state index in [0.29, 0.717) is 0 Å². The van der Waals surface area contributed by atoms with E-state index in [0.717, 1.165) is 13.0 Å². The second kappa shape index (κ2) is 6.11. The summed E-state index contributed by atoms with van der Waals surface area (Å²) in [5.74, 6) is 0. The monoisotopic (exact) mass is 276 g/mol. The van der Waals surface area contributed by atoms with Gasteiger partial charge in [-0.1, -0.05) is 66.8 Å². The predicted octanol–water partition coefficient (Wildman–Crippen LogP) is 3.14. The van der Waals surface area contributed by atoms with Gasteiger partial charge in [-0.15, -0.1) is 0 Å². The van der Waals surface area contributed by atoms with Gasteiger partial charge in [0.25, 0.3) is 0 Å². The Morgan fingerprint density at radius 2 is 1.33 bits per heavy atom. The van der Waals surface area contributed by atoms with E-state index in [1.807, 2.05) is 0 Å². The highest BCUT2D eigenvalue weighted by Crippen LogP contribution is 2.33. The van der Waals surface area contributed by atoms with Crippen molar-refractivity contribution in [2.24, 2.45) is 0 Å². The van der Waals surface area contributed by atoms with Gasteiger partial charge in [-0.2, -0.15) is 0 Å². The van der Waals surface area contributed by atoms with Crippen molar-refractivity contribution in [3.8, 4) is 0 Å². The van der Waals surface area contributed by atoms with Gasteiger partial charge in [0, 0.05) is 6.42 Å². The van der Waals surface area contributed by atoms with Crippen LogP contribution in [0.2, 0.25) is 0 Å². The maximum atomic E-state index is 2.40. The first-order valence-electron chi connectivity index (χ1n) is 7.62. The molecule has 0 bridgehead atoms. The summed E-state index contributed by atoms with van der Waals surface area (Å²) in [7, 11) is 4.41. The smallest absolute Gasteiger partial charge is 0.0802 e. The lowest BCUT2D eigenvalue weighted by molar-refractivity contribution is -0.857. The Balaban J connectivity index is 2.10. The molecule has 0 unspecified atom stereocenters. The van der Waals surface area contributed by atoms with Crippen LogP contribution < -0.4 is 4.90 Å². The van der Waals surface area contributed by atoms with E-state index in [2.05, 4.69) is 80.9 Å². The van der Waals surface area contributed by atoms with Gasteiger partial charge < -0.3 is 4.90 Å². The first-order chi connectivity index (χ1) is 10.3. The maximum absolute atomic E-state index is 2.40. The molecule has 0 heterocycles. The Morgan fingerprint density at radius 1 is 0.810 bits per heavy atom. The minimum Gasteiger partial charge on any atom is -0.340 e. The minimum absolute atomic E-state index is 1.10. The van der Waals surface area contributed by atoms with Crippen molar-refractivity contribution in [2.75, 3.05) is 20.6 Å². The molecule has 1 N–H and O–H groups in total. The highest BCUT2D eigenvalue weighted by atomic mass is 15.0. The molecule has 0 aromatic heterocycles. The van der Waals surface area contributed by atoms with Gasteiger partial charge in [-0.25, -0.2) is 0 Å². The topological polar surface area (TPSA) is 4.44 Å². The highest BCUT2D eigenvalue weighted by Gasteiger charge is 2.13. The van der Waals surface area contributed by atoms with E-state index in [1.54, 1.807) is 0 Å². The zero-order chi connectivity index (χ0) is 14.7. The number of rotatable bonds is 3. The molecule has 1 aliphatic rings. The Bertz CT molecular complexity index is 641. The largest absolute Gasteiger partial charge is 0.340 e. The minimum atomic E-state index is 1.10. The molecule has 106 valence electrons. The number of hydrogen-bond donors (Lipinski definition) is 1. The molecule has 1 aliphatic carbocycles. The molecule has 0 saturated carbocycles. The Hall–Kier alpha value is -2.12. The first-order valence-corrected chi connectivity index (χ1v) is 7.62. The van der Waals surface area contributed by atoms with Gasteiger partial charge in [-0.05, 0) is 27.8 Å². The third-order valence-electron chi connectivity index (χ3n) is 3.94. The predicted molar refractivity (Wildman–Crippen MR) is 91.2 cm³/mol. The van der Waals surface area contributed by atoms with Crippen molar-refractivity contribution in [2.45, 2.75) is 6.42 Å². The van der Waals surface area contributed by atoms with Crippen LogP contribution in [-0.4, -0.2) is 20.6 Å². The molecule has 1 heteroatoms. The van der Waals surface area contributed by atoms with Crippen LogP contribution in [0, 0.1) is 0 Å². The summed E-state index contributed by atoms with van der Waals surface area (Å²) < 4.78 is 0. The Labute approximate surface area is 127 Å². The highest BCUT2D eigenvalue weighted by molar-refractivity contribution is 5.93. The van der Waals surface area contributed by atoms with Gasteiger partial charge in [0.15, 0.2) is 0 Å². The summed E-state index contributed by atoms with van der Waals surface area (Å²) in [4.78, 5) is 1.49. The normalized spacial score (nSPS) is 12.8. The zero-order valence-corrected chi connectivity index (χ0v) is 12.8. The molecule has 0 spiro atoms. The van der Waals surface area contributed by atoms with Crippen LogP contribution >= 0.6 is 0 Å². The van der Waals surface area contributed by atoms with Crippen LogP contribution in [0.25, 0.3) is 17.7 Å². The van der Waals surface area contributed by atoms with Crippen molar-refractivity contribution in [1.29, 1.82) is 0 Å². The summed E-state index contributed by atoms with van der Waals surface area (Å²) in [5, 5.41) is 0. The number of benzene rings is 2. The van der Waals surface area contributed by atoms with Crippen molar-refractivity contribution in [1.82, 2.24) is 0 Å². The molecule has 0 saturated heterocycles. The van der Waals surface area contributed by atoms with Crippen molar-refractivity contribution >= 4 is 17.7 Å². The third-order valence-corrected chi connectivity index (χ3v) is 3.94. The zero-order valence-electron chi connectivity index (χ0n) is 12.8. The van der Waals surface area contributed by atoms with Crippen LogP contribution in [0.4, 0.5) is 0 Å².